The Hall–Kier alpha value is -1.93. The molecule has 0 bridgehead atoms. The summed E-state index contributed by atoms with van der Waals surface area (Å²) in [6.07, 6.45) is 2.73. The topological polar surface area (TPSA) is 80.8 Å². The van der Waals surface area contributed by atoms with Gasteiger partial charge in [-0.2, -0.15) is 0 Å². The number of fused-ring (bicyclic) bond motifs is 1. The number of carbonyl (C=O) groups excluding carboxylic acids is 1. The minimum atomic E-state index is -0.342. The van der Waals surface area contributed by atoms with E-state index in [1.54, 1.807) is 0 Å². The molecule has 0 aliphatic heterocycles. The van der Waals surface area contributed by atoms with Crippen molar-refractivity contribution < 1.29 is 9.53 Å². The normalized spacial score (nSPS) is 11.1. The van der Waals surface area contributed by atoms with Gasteiger partial charge in [-0.1, -0.05) is 6.92 Å². The fourth-order valence-corrected chi connectivity index (χ4v) is 4.44. The number of nitrogens with one attached hydrogen (secondary N) is 1. The summed E-state index contributed by atoms with van der Waals surface area (Å²) in [5.41, 5.74) is 1.92. The number of H-pyrrole nitrogens is 1. The van der Waals surface area contributed by atoms with Crippen LogP contribution in [0.5, 0.6) is 0 Å². The second-order valence-corrected chi connectivity index (χ2v) is 6.95. The van der Waals surface area contributed by atoms with Gasteiger partial charge in [0.05, 0.1) is 7.11 Å². The summed E-state index contributed by atoms with van der Waals surface area (Å²) in [5, 5.41) is 2.47. The Morgan fingerprint density at radius 1 is 1.39 bits per heavy atom. The summed E-state index contributed by atoms with van der Waals surface area (Å²) in [4.78, 5) is 29.9. The number of aromatic amines is 1. The number of rotatable bonds is 4. The number of aromatic nitrogens is 4. The van der Waals surface area contributed by atoms with Crippen LogP contribution in [0.4, 0.5) is 0 Å². The van der Waals surface area contributed by atoms with Crippen molar-refractivity contribution in [3.8, 4) is 0 Å². The van der Waals surface area contributed by atoms with Crippen LogP contribution in [0.3, 0.4) is 0 Å². The maximum absolute atomic E-state index is 11.9. The zero-order valence-corrected chi connectivity index (χ0v) is 14.9. The highest BCUT2D eigenvalue weighted by atomic mass is 32.2. The fourth-order valence-electron chi connectivity index (χ4n) is 2.23. The number of nitrogens with zero attached hydrogens (tertiary/aromatic N) is 3. The molecule has 0 fully saturated rings. The number of carbonyl (C=O) groups is 1. The van der Waals surface area contributed by atoms with Gasteiger partial charge >= 0.3 is 5.97 Å². The van der Waals surface area contributed by atoms with Gasteiger partial charge in [0.2, 0.25) is 0 Å². The molecule has 0 amide bonds. The molecule has 0 atom stereocenters. The largest absolute Gasteiger partial charge is 0.465 e. The Morgan fingerprint density at radius 2 is 2.17 bits per heavy atom. The standard InChI is InChI=1S/C15H16N4O2S2/c1-5-9-6-16-15(19-9)23-13-10-7(2)11(14(20)21-4)22-12(10)17-8(3)18-13/h6H,5H2,1-4H3,(H,16,19). The lowest BCUT2D eigenvalue weighted by molar-refractivity contribution is 0.0605. The summed E-state index contributed by atoms with van der Waals surface area (Å²) in [5.74, 6) is 0.324. The number of methoxy groups -OCH3 is 1. The van der Waals surface area contributed by atoms with Crippen molar-refractivity contribution in [2.75, 3.05) is 7.11 Å². The average Bonchev–Trinajstić information content (AvgIpc) is 3.11. The van der Waals surface area contributed by atoms with Crippen LogP contribution in [0.15, 0.2) is 16.4 Å². The molecule has 0 spiro atoms. The molecule has 120 valence electrons. The number of hydrogen-bond donors (Lipinski definition) is 1. The highest BCUT2D eigenvalue weighted by molar-refractivity contribution is 7.99. The maximum atomic E-state index is 11.9. The van der Waals surface area contributed by atoms with E-state index in [1.165, 1.54) is 30.2 Å². The molecule has 0 aliphatic rings. The van der Waals surface area contributed by atoms with Gasteiger partial charge in [-0.05, 0) is 37.6 Å². The number of aryl methyl sites for hydroxylation is 3. The van der Waals surface area contributed by atoms with E-state index in [2.05, 4.69) is 26.9 Å². The first-order valence-corrected chi connectivity index (χ1v) is 8.74. The third kappa shape index (κ3) is 2.96. The van der Waals surface area contributed by atoms with Crippen molar-refractivity contribution in [2.45, 2.75) is 37.4 Å². The smallest absolute Gasteiger partial charge is 0.348 e. The van der Waals surface area contributed by atoms with Gasteiger partial charge in [0.25, 0.3) is 0 Å². The van der Waals surface area contributed by atoms with Crippen LogP contribution in [0.1, 0.15) is 33.7 Å². The number of thiophene rings is 1. The van der Waals surface area contributed by atoms with Crippen molar-refractivity contribution in [2.24, 2.45) is 0 Å². The lowest BCUT2D eigenvalue weighted by Crippen LogP contribution is -1.99. The van der Waals surface area contributed by atoms with Gasteiger partial charge in [-0.15, -0.1) is 11.3 Å². The van der Waals surface area contributed by atoms with Crippen molar-refractivity contribution in [3.05, 3.63) is 28.2 Å². The minimum Gasteiger partial charge on any atom is -0.465 e. The molecule has 23 heavy (non-hydrogen) atoms. The van der Waals surface area contributed by atoms with Crippen molar-refractivity contribution in [3.63, 3.8) is 0 Å². The Kier molecular flexibility index (Phi) is 4.36. The van der Waals surface area contributed by atoms with Crippen molar-refractivity contribution >= 4 is 39.3 Å². The maximum Gasteiger partial charge on any atom is 0.348 e. The minimum absolute atomic E-state index is 0.342. The highest BCUT2D eigenvalue weighted by Gasteiger charge is 2.21. The molecular formula is C15H16N4O2S2. The Bertz CT molecular complexity index is 885. The van der Waals surface area contributed by atoms with Crippen LogP contribution in [0.2, 0.25) is 0 Å². The monoisotopic (exact) mass is 348 g/mol. The van der Waals surface area contributed by atoms with Crippen LogP contribution in [-0.4, -0.2) is 33.0 Å². The molecule has 1 N–H and O–H groups in total. The van der Waals surface area contributed by atoms with E-state index in [4.69, 9.17) is 4.74 Å². The molecule has 0 saturated heterocycles. The number of ether oxygens (including phenoxy) is 1. The molecule has 0 saturated carbocycles. The third-order valence-corrected chi connectivity index (χ3v) is 5.47. The van der Waals surface area contributed by atoms with E-state index in [0.29, 0.717) is 10.7 Å². The molecule has 3 aromatic rings. The first kappa shape index (κ1) is 15.9. The van der Waals surface area contributed by atoms with Crippen LogP contribution in [0.25, 0.3) is 10.2 Å². The first-order chi connectivity index (χ1) is 11.0. The predicted molar refractivity (Wildman–Crippen MR) is 90.3 cm³/mol. The third-order valence-electron chi connectivity index (χ3n) is 3.42. The van der Waals surface area contributed by atoms with Crippen LogP contribution >= 0.6 is 23.1 Å². The molecule has 0 aromatic carbocycles. The quantitative estimate of drug-likeness (QED) is 0.574. The van der Waals surface area contributed by atoms with Crippen LogP contribution < -0.4 is 0 Å². The van der Waals surface area contributed by atoms with Crippen LogP contribution in [0, 0.1) is 13.8 Å². The van der Waals surface area contributed by atoms with Gasteiger partial charge in [-0.3, -0.25) is 0 Å². The van der Waals surface area contributed by atoms with E-state index in [9.17, 15) is 4.79 Å². The van der Waals surface area contributed by atoms with E-state index in [0.717, 1.165) is 38.1 Å². The first-order valence-electron chi connectivity index (χ1n) is 7.11. The van der Waals surface area contributed by atoms with E-state index in [-0.39, 0.29) is 5.97 Å². The molecular weight excluding hydrogens is 332 g/mol. The SMILES string of the molecule is CCc1cnc(Sc2nc(C)nc3sc(C(=O)OC)c(C)c23)[nH]1. The summed E-state index contributed by atoms with van der Waals surface area (Å²) in [6, 6.07) is 0. The van der Waals surface area contributed by atoms with Gasteiger partial charge in [0.1, 0.15) is 20.6 Å². The summed E-state index contributed by atoms with van der Waals surface area (Å²) >= 11 is 2.79. The van der Waals surface area contributed by atoms with Crippen molar-refractivity contribution in [1.82, 2.24) is 19.9 Å². The number of hydrogen-bond acceptors (Lipinski definition) is 7. The lowest BCUT2D eigenvalue weighted by Gasteiger charge is -2.03. The second-order valence-electron chi connectivity index (χ2n) is 4.97. The van der Waals surface area contributed by atoms with Crippen molar-refractivity contribution in [1.29, 1.82) is 0 Å². The van der Waals surface area contributed by atoms with Gasteiger partial charge in [0.15, 0.2) is 5.16 Å². The number of imidazole rings is 1. The Morgan fingerprint density at radius 3 is 2.83 bits per heavy atom. The molecule has 3 rings (SSSR count). The van der Waals surface area contributed by atoms with E-state index >= 15 is 0 Å². The van der Waals surface area contributed by atoms with Crippen LogP contribution in [-0.2, 0) is 11.2 Å². The fraction of sp³-hybridized carbons (Fsp3) is 0.333. The molecule has 8 heteroatoms. The predicted octanol–water partition coefficient (Wildman–Crippen LogP) is 3.53. The van der Waals surface area contributed by atoms with E-state index < -0.39 is 0 Å². The van der Waals surface area contributed by atoms with E-state index in [1.807, 2.05) is 20.0 Å². The van der Waals surface area contributed by atoms with Gasteiger partial charge in [-0.25, -0.2) is 19.7 Å². The Labute approximate surface area is 141 Å². The summed E-state index contributed by atoms with van der Waals surface area (Å²) in [6.45, 7) is 5.81. The Balaban J connectivity index is 2.11. The molecule has 3 heterocycles. The summed E-state index contributed by atoms with van der Waals surface area (Å²) in [7, 11) is 1.38. The lowest BCUT2D eigenvalue weighted by atomic mass is 10.2. The van der Waals surface area contributed by atoms with Gasteiger partial charge < -0.3 is 9.72 Å². The van der Waals surface area contributed by atoms with Gasteiger partial charge in [0, 0.05) is 17.3 Å². The molecule has 0 aliphatic carbocycles. The molecule has 6 nitrogen and oxygen atoms in total. The molecule has 0 radical (unpaired) electrons. The zero-order valence-electron chi connectivity index (χ0n) is 13.3. The molecule has 3 aromatic heterocycles. The second kappa shape index (κ2) is 6.29. The summed E-state index contributed by atoms with van der Waals surface area (Å²) < 4.78 is 4.85. The average molecular weight is 348 g/mol. The molecule has 0 unspecified atom stereocenters. The number of esters is 1. The zero-order chi connectivity index (χ0) is 16.6. The highest BCUT2D eigenvalue weighted by Crippen LogP contribution is 2.37.